The van der Waals surface area contributed by atoms with E-state index in [0.29, 0.717) is 0 Å². The van der Waals surface area contributed by atoms with Gasteiger partial charge in [-0.25, -0.2) is 4.98 Å². The summed E-state index contributed by atoms with van der Waals surface area (Å²) in [6.07, 6.45) is 0. The van der Waals surface area contributed by atoms with E-state index in [0.717, 1.165) is 28.6 Å². The minimum Gasteiger partial charge on any atom is -0.504 e. The molecule has 0 fully saturated rings. The summed E-state index contributed by atoms with van der Waals surface area (Å²) >= 11 is 2.50. The molecule has 0 spiro atoms. The molecule has 0 saturated carbocycles. The molecule has 2 aromatic carbocycles. The fourth-order valence-electron chi connectivity index (χ4n) is 2.12. The molecule has 26 heavy (non-hydrogen) atoms. The minimum atomic E-state index is -0.336. The first-order valence-electron chi connectivity index (χ1n) is 7.64. The zero-order chi connectivity index (χ0) is 18.5. The molecule has 0 aliphatic carbocycles. The largest absolute Gasteiger partial charge is 0.504 e. The predicted octanol–water partition coefficient (Wildman–Crippen LogP) is 4.12. The highest BCUT2D eigenvalue weighted by atomic mass is 32.2. The molecule has 0 atom stereocenters. The predicted molar refractivity (Wildman–Crippen MR) is 104 cm³/mol. The van der Waals surface area contributed by atoms with E-state index in [1.807, 2.05) is 35.7 Å². The Morgan fingerprint density at radius 2 is 1.96 bits per heavy atom. The Kier molecular flexibility index (Phi) is 5.77. The molecule has 1 aromatic heterocycles. The van der Waals surface area contributed by atoms with Crippen LogP contribution in [0.3, 0.4) is 0 Å². The summed E-state index contributed by atoms with van der Waals surface area (Å²) < 4.78 is 7.10. The van der Waals surface area contributed by atoms with Crippen molar-refractivity contribution in [1.82, 2.24) is 4.98 Å². The molecular formula is C18H16N2O4S2. The van der Waals surface area contributed by atoms with Crippen LogP contribution in [0.4, 0.5) is 5.13 Å². The molecule has 0 radical (unpaired) electrons. The van der Waals surface area contributed by atoms with Crippen molar-refractivity contribution in [2.24, 2.45) is 0 Å². The van der Waals surface area contributed by atoms with E-state index in [1.54, 1.807) is 11.4 Å². The number of phenols is 2. The number of phenolic OH excluding ortho intramolecular Hbond substituents is 2. The fraction of sp³-hybridized carbons (Fsp3) is 0.111. The number of hydrogen-bond donors (Lipinski definition) is 2. The van der Waals surface area contributed by atoms with Crippen molar-refractivity contribution in [3.63, 3.8) is 0 Å². The standard InChI is InChI=1S/C18H16N2O4S2/c1-20(18-19-14(11-25-18)12-5-3-2-4-6-12)26-24-10-17(23)13-7-8-15(21)16(22)9-13/h2-9,11,21-22H,10H2,1H3. The lowest BCUT2D eigenvalue weighted by Gasteiger charge is -2.12. The second-order valence-electron chi connectivity index (χ2n) is 5.34. The third kappa shape index (κ3) is 4.34. The van der Waals surface area contributed by atoms with E-state index in [9.17, 15) is 15.0 Å². The summed E-state index contributed by atoms with van der Waals surface area (Å²) in [6, 6.07) is 13.8. The van der Waals surface area contributed by atoms with E-state index >= 15 is 0 Å². The van der Waals surface area contributed by atoms with Crippen LogP contribution in [0, 0.1) is 0 Å². The van der Waals surface area contributed by atoms with Crippen molar-refractivity contribution >= 4 is 34.5 Å². The summed E-state index contributed by atoms with van der Waals surface area (Å²) in [7, 11) is 1.80. The second kappa shape index (κ2) is 8.22. The van der Waals surface area contributed by atoms with Gasteiger partial charge >= 0.3 is 0 Å². The SMILES string of the molecule is CN(SOCC(=O)c1ccc(O)c(O)c1)c1nc(-c2ccccc2)cs1. The van der Waals surface area contributed by atoms with Gasteiger partial charge in [-0.15, -0.1) is 11.3 Å². The van der Waals surface area contributed by atoms with Crippen molar-refractivity contribution in [1.29, 1.82) is 0 Å². The van der Waals surface area contributed by atoms with Crippen molar-refractivity contribution in [3.8, 4) is 22.8 Å². The number of aromatic nitrogens is 1. The molecule has 6 nitrogen and oxygen atoms in total. The number of thiazole rings is 1. The van der Waals surface area contributed by atoms with Crippen molar-refractivity contribution in [3.05, 3.63) is 59.5 Å². The zero-order valence-corrected chi connectivity index (χ0v) is 15.5. The van der Waals surface area contributed by atoms with Gasteiger partial charge in [0.2, 0.25) is 0 Å². The molecule has 2 N–H and O–H groups in total. The number of carbonyl (C=O) groups excluding carboxylic acids is 1. The van der Waals surface area contributed by atoms with Crippen LogP contribution in [-0.4, -0.2) is 34.6 Å². The van der Waals surface area contributed by atoms with Gasteiger partial charge in [0.25, 0.3) is 0 Å². The van der Waals surface area contributed by atoms with Gasteiger partial charge in [-0.3, -0.25) is 13.3 Å². The second-order valence-corrected chi connectivity index (χ2v) is 7.11. The average molecular weight is 388 g/mol. The Hall–Kier alpha value is -2.55. The summed E-state index contributed by atoms with van der Waals surface area (Å²) in [6.45, 7) is -0.170. The molecule has 0 bridgehead atoms. The molecule has 1 heterocycles. The van der Waals surface area contributed by atoms with Gasteiger partial charge < -0.3 is 10.2 Å². The minimum absolute atomic E-state index is 0.170. The van der Waals surface area contributed by atoms with Crippen molar-refractivity contribution in [2.45, 2.75) is 0 Å². The van der Waals surface area contributed by atoms with Crippen LogP contribution in [0.15, 0.2) is 53.9 Å². The topological polar surface area (TPSA) is 82.9 Å². The van der Waals surface area contributed by atoms with Gasteiger partial charge in [0.05, 0.1) is 5.69 Å². The van der Waals surface area contributed by atoms with Gasteiger partial charge in [-0.1, -0.05) is 30.3 Å². The Morgan fingerprint density at radius 3 is 2.69 bits per heavy atom. The highest BCUT2D eigenvalue weighted by molar-refractivity contribution is 7.96. The fourth-order valence-corrected chi connectivity index (χ4v) is 3.47. The molecule has 3 rings (SSSR count). The monoisotopic (exact) mass is 388 g/mol. The van der Waals surface area contributed by atoms with E-state index in [-0.39, 0.29) is 29.5 Å². The number of aromatic hydroxyl groups is 2. The third-order valence-electron chi connectivity index (χ3n) is 3.48. The summed E-state index contributed by atoms with van der Waals surface area (Å²) in [4.78, 5) is 16.6. The lowest BCUT2D eigenvalue weighted by atomic mass is 10.1. The van der Waals surface area contributed by atoms with Gasteiger partial charge in [-0.2, -0.15) is 0 Å². The Morgan fingerprint density at radius 1 is 1.19 bits per heavy atom. The summed E-state index contributed by atoms with van der Waals surface area (Å²) in [5.74, 6) is -0.906. The van der Waals surface area contributed by atoms with Crippen molar-refractivity contribution < 1.29 is 19.2 Å². The first-order valence-corrected chi connectivity index (χ1v) is 9.22. The zero-order valence-electron chi connectivity index (χ0n) is 13.8. The van der Waals surface area contributed by atoms with Gasteiger partial charge in [0.1, 0.15) is 18.8 Å². The molecule has 0 amide bonds. The van der Waals surface area contributed by atoms with Gasteiger partial charge in [-0.05, 0) is 18.2 Å². The molecule has 134 valence electrons. The van der Waals surface area contributed by atoms with E-state index < -0.39 is 0 Å². The van der Waals surface area contributed by atoms with Crippen LogP contribution in [-0.2, 0) is 4.18 Å². The Bertz CT molecular complexity index is 899. The van der Waals surface area contributed by atoms with Crippen LogP contribution in [0.1, 0.15) is 10.4 Å². The van der Waals surface area contributed by atoms with E-state index in [2.05, 4.69) is 4.98 Å². The maximum atomic E-state index is 12.1. The number of benzene rings is 2. The highest BCUT2D eigenvalue weighted by Gasteiger charge is 2.13. The smallest absolute Gasteiger partial charge is 0.197 e. The number of Topliss-reactive ketones (excluding diaryl/α,β-unsaturated/α-hetero) is 1. The third-order valence-corrected chi connectivity index (χ3v) is 5.14. The molecule has 0 saturated heterocycles. The van der Waals surface area contributed by atoms with E-state index in [4.69, 9.17) is 4.18 Å². The number of anilines is 1. The van der Waals surface area contributed by atoms with Crippen LogP contribution in [0.2, 0.25) is 0 Å². The molecule has 0 aliphatic heterocycles. The average Bonchev–Trinajstić information content (AvgIpc) is 3.15. The first-order chi connectivity index (χ1) is 12.5. The van der Waals surface area contributed by atoms with Crippen LogP contribution in [0.5, 0.6) is 11.5 Å². The number of nitrogens with zero attached hydrogens (tertiary/aromatic N) is 2. The number of ketones is 1. The lowest BCUT2D eigenvalue weighted by Crippen LogP contribution is -2.11. The molecular weight excluding hydrogens is 372 g/mol. The lowest BCUT2D eigenvalue weighted by molar-refractivity contribution is 0.0934. The molecule has 8 heteroatoms. The first kappa shape index (κ1) is 18.2. The van der Waals surface area contributed by atoms with Crippen LogP contribution < -0.4 is 4.31 Å². The molecule has 0 unspecified atom stereocenters. The van der Waals surface area contributed by atoms with E-state index in [1.165, 1.54) is 29.5 Å². The highest BCUT2D eigenvalue weighted by Crippen LogP contribution is 2.30. The molecule has 3 aromatic rings. The van der Waals surface area contributed by atoms with Crippen LogP contribution >= 0.6 is 23.6 Å². The Labute approximate surface area is 159 Å². The van der Waals surface area contributed by atoms with Crippen LogP contribution in [0.25, 0.3) is 11.3 Å². The molecule has 0 aliphatic rings. The quantitative estimate of drug-likeness (QED) is 0.273. The van der Waals surface area contributed by atoms with Crippen molar-refractivity contribution in [2.75, 3.05) is 18.0 Å². The number of rotatable bonds is 7. The Balaban J connectivity index is 1.54. The summed E-state index contributed by atoms with van der Waals surface area (Å²) in [5.41, 5.74) is 2.19. The number of carbonyl (C=O) groups is 1. The maximum absolute atomic E-state index is 12.1. The number of hydrogen-bond acceptors (Lipinski definition) is 8. The van der Waals surface area contributed by atoms with Gasteiger partial charge in [0, 0.05) is 23.6 Å². The maximum Gasteiger partial charge on any atom is 0.197 e. The van der Waals surface area contributed by atoms with Gasteiger partial charge in [0.15, 0.2) is 22.4 Å². The normalized spacial score (nSPS) is 10.7. The summed E-state index contributed by atoms with van der Waals surface area (Å²) in [5, 5.41) is 21.4.